The minimum absolute atomic E-state index is 0.297. The molecule has 29 heavy (non-hydrogen) atoms. The normalized spacial score (nSPS) is 11.4. The van der Waals surface area contributed by atoms with Crippen molar-refractivity contribution in [3.05, 3.63) is 96.5 Å². The largest absolute Gasteiger partial charge is 0.367 e. The fourth-order valence-corrected chi connectivity index (χ4v) is 3.33. The Bertz CT molecular complexity index is 950. The van der Waals surface area contributed by atoms with Gasteiger partial charge in [0.05, 0.1) is 19.5 Å². The van der Waals surface area contributed by atoms with Crippen LogP contribution < -0.4 is 0 Å². The van der Waals surface area contributed by atoms with Crippen LogP contribution in [0.5, 0.6) is 0 Å². The summed E-state index contributed by atoms with van der Waals surface area (Å²) in [5.41, 5.74) is 1.66. The van der Waals surface area contributed by atoms with E-state index in [1.807, 2.05) is 16.8 Å². The molecule has 0 saturated heterocycles. The third kappa shape index (κ3) is 7.72. The Labute approximate surface area is 186 Å². The van der Waals surface area contributed by atoms with Crippen molar-refractivity contribution in [2.75, 3.05) is 0 Å². The highest BCUT2D eigenvalue weighted by Crippen LogP contribution is 2.31. The van der Waals surface area contributed by atoms with Gasteiger partial charge in [-0.25, -0.2) is 4.98 Å². The van der Waals surface area contributed by atoms with E-state index in [2.05, 4.69) is 4.98 Å². The van der Waals surface area contributed by atoms with Crippen molar-refractivity contribution in [2.45, 2.75) is 19.3 Å². The van der Waals surface area contributed by atoms with Crippen molar-refractivity contribution in [3.63, 3.8) is 0 Å². The Morgan fingerprint density at radius 3 is 2.38 bits per heavy atom. The molecule has 1 unspecified atom stereocenters. The van der Waals surface area contributed by atoms with Gasteiger partial charge in [0.15, 0.2) is 0 Å². The molecular formula is C18H15Cl4N3O4. The summed E-state index contributed by atoms with van der Waals surface area (Å²) in [5, 5.41) is 16.0. The number of aromatic nitrogens is 2. The number of imidazole rings is 1. The molecule has 7 nitrogen and oxygen atoms in total. The monoisotopic (exact) mass is 477 g/mol. The van der Waals surface area contributed by atoms with Crippen LogP contribution in [0.3, 0.4) is 0 Å². The average Bonchev–Trinajstić information content (AvgIpc) is 3.14. The van der Waals surface area contributed by atoms with Gasteiger partial charge in [-0.05, 0) is 35.9 Å². The second-order valence-corrected chi connectivity index (χ2v) is 7.39. The first-order chi connectivity index (χ1) is 13.8. The topological polar surface area (TPSA) is 90.4 Å². The molecule has 0 fully saturated rings. The molecule has 0 radical (unpaired) electrons. The lowest BCUT2D eigenvalue weighted by atomic mass is 10.1. The minimum Gasteiger partial charge on any atom is -0.367 e. The second kappa shape index (κ2) is 11.2. The van der Waals surface area contributed by atoms with Crippen molar-refractivity contribution in [3.8, 4) is 0 Å². The van der Waals surface area contributed by atoms with Crippen LogP contribution in [0.25, 0.3) is 0 Å². The summed E-state index contributed by atoms with van der Waals surface area (Å²) in [6, 6.07) is 10.6. The van der Waals surface area contributed by atoms with Gasteiger partial charge >= 0.3 is 0 Å². The zero-order valence-electron chi connectivity index (χ0n) is 14.7. The van der Waals surface area contributed by atoms with Crippen molar-refractivity contribution >= 4 is 46.4 Å². The van der Waals surface area contributed by atoms with Crippen molar-refractivity contribution in [1.82, 2.24) is 9.55 Å². The van der Waals surface area contributed by atoms with Crippen LogP contribution in [0.1, 0.15) is 17.2 Å². The third-order valence-electron chi connectivity index (χ3n) is 3.69. The van der Waals surface area contributed by atoms with E-state index >= 15 is 0 Å². The smallest absolute Gasteiger partial charge is 0.291 e. The lowest BCUT2D eigenvalue weighted by Crippen LogP contribution is -2.12. The molecule has 0 aliphatic rings. The number of rotatable bonds is 6. The van der Waals surface area contributed by atoms with E-state index in [-0.39, 0.29) is 6.10 Å². The molecule has 0 amide bonds. The Morgan fingerprint density at radius 2 is 1.76 bits per heavy atom. The molecule has 154 valence electrons. The van der Waals surface area contributed by atoms with E-state index in [1.54, 1.807) is 42.9 Å². The number of benzene rings is 2. The standard InChI is InChI=1S/C18H14Cl4N2O.HNO3/c19-13-2-4-16(21)12(7-13)10-25-18(9-24-6-5-23-11-24)15-3-1-14(20)8-17(15)22;2-1(3)4/h1-8,11,18H,9-10H2;(H,2,3,4). The Hall–Kier alpha value is -2.03. The first-order valence-electron chi connectivity index (χ1n) is 8.05. The van der Waals surface area contributed by atoms with Crippen LogP contribution >= 0.6 is 46.4 Å². The maximum Gasteiger partial charge on any atom is 0.291 e. The lowest BCUT2D eigenvalue weighted by molar-refractivity contribution is -0.742. The molecule has 0 spiro atoms. The van der Waals surface area contributed by atoms with E-state index < -0.39 is 5.09 Å². The number of halogens is 4. The van der Waals surface area contributed by atoms with Crippen molar-refractivity contribution in [2.24, 2.45) is 0 Å². The molecule has 3 aromatic rings. The van der Waals surface area contributed by atoms with Gasteiger partial charge < -0.3 is 14.5 Å². The predicted molar refractivity (Wildman–Crippen MR) is 111 cm³/mol. The van der Waals surface area contributed by atoms with Crippen LogP contribution in [0.4, 0.5) is 0 Å². The number of hydrogen-bond donors (Lipinski definition) is 1. The summed E-state index contributed by atoms with van der Waals surface area (Å²) >= 11 is 24.6. The Kier molecular flexibility index (Phi) is 9.00. The molecule has 1 atom stereocenters. The van der Waals surface area contributed by atoms with Gasteiger partial charge in [-0.1, -0.05) is 52.5 Å². The fourth-order valence-electron chi connectivity index (χ4n) is 2.43. The molecule has 1 N–H and O–H groups in total. The van der Waals surface area contributed by atoms with Gasteiger partial charge in [-0.3, -0.25) is 0 Å². The third-order valence-corrected chi connectivity index (χ3v) is 4.86. The van der Waals surface area contributed by atoms with Gasteiger partial charge in [-0.2, -0.15) is 0 Å². The molecule has 11 heteroatoms. The van der Waals surface area contributed by atoms with Gasteiger partial charge in [0.25, 0.3) is 5.09 Å². The first-order valence-corrected chi connectivity index (χ1v) is 9.57. The van der Waals surface area contributed by atoms with E-state index in [4.69, 9.17) is 66.5 Å². The molecule has 0 bridgehead atoms. The summed E-state index contributed by atoms with van der Waals surface area (Å²) in [4.78, 5) is 12.4. The second-order valence-electron chi connectivity index (χ2n) is 5.70. The van der Waals surface area contributed by atoms with Gasteiger partial charge in [0, 0.05) is 38.0 Å². The first kappa shape index (κ1) is 23.3. The number of hydrogen-bond acceptors (Lipinski definition) is 4. The highest BCUT2D eigenvalue weighted by Gasteiger charge is 2.17. The molecule has 0 aliphatic carbocycles. The summed E-state index contributed by atoms with van der Waals surface area (Å²) in [6.07, 6.45) is 5.02. The molecule has 0 aliphatic heterocycles. The van der Waals surface area contributed by atoms with Gasteiger partial charge in [-0.15, -0.1) is 10.1 Å². The molecular weight excluding hydrogens is 464 g/mol. The van der Waals surface area contributed by atoms with Crippen LogP contribution in [0.2, 0.25) is 20.1 Å². The molecule has 1 heterocycles. The maximum atomic E-state index is 8.36. The zero-order chi connectivity index (χ0) is 21.4. The molecule has 1 aromatic heterocycles. The quantitative estimate of drug-likeness (QED) is 0.341. The highest BCUT2D eigenvalue weighted by molar-refractivity contribution is 6.35. The van der Waals surface area contributed by atoms with Gasteiger partial charge in [0.1, 0.15) is 6.10 Å². The summed E-state index contributed by atoms with van der Waals surface area (Å²) < 4.78 is 8.05. The number of ether oxygens (including phenoxy) is 1. The van der Waals surface area contributed by atoms with Crippen LogP contribution in [-0.2, 0) is 17.9 Å². The summed E-state index contributed by atoms with van der Waals surface area (Å²) in [6.45, 7) is 0.858. The Balaban J connectivity index is 0.000000687. The van der Waals surface area contributed by atoms with Crippen LogP contribution in [-0.4, -0.2) is 19.8 Å². The number of nitrogens with zero attached hydrogens (tertiary/aromatic N) is 3. The van der Waals surface area contributed by atoms with E-state index in [0.29, 0.717) is 33.2 Å². The van der Waals surface area contributed by atoms with Crippen LogP contribution in [0, 0.1) is 10.1 Å². The average molecular weight is 479 g/mol. The molecule has 0 saturated carbocycles. The van der Waals surface area contributed by atoms with Crippen molar-refractivity contribution in [1.29, 1.82) is 0 Å². The SMILES string of the molecule is Clc1ccc(C(Cn2ccnc2)OCc2cc(Cl)ccc2Cl)c(Cl)c1.O=[N+]([O-])O. The van der Waals surface area contributed by atoms with Gasteiger partial charge in [0.2, 0.25) is 0 Å². The predicted octanol–water partition coefficient (Wildman–Crippen LogP) is 6.11. The minimum atomic E-state index is -1.50. The van der Waals surface area contributed by atoms with E-state index in [1.165, 1.54) is 0 Å². The van der Waals surface area contributed by atoms with E-state index in [0.717, 1.165) is 11.1 Å². The zero-order valence-corrected chi connectivity index (χ0v) is 17.7. The molecule has 2 aromatic carbocycles. The van der Waals surface area contributed by atoms with Crippen molar-refractivity contribution < 1.29 is 15.0 Å². The summed E-state index contributed by atoms with van der Waals surface area (Å²) in [7, 11) is 0. The maximum absolute atomic E-state index is 8.36. The Morgan fingerprint density at radius 1 is 1.10 bits per heavy atom. The van der Waals surface area contributed by atoms with E-state index in [9.17, 15) is 0 Å². The molecule has 3 rings (SSSR count). The van der Waals surface area contributed by atoms with Crippen LogP contribution in [0.15, 0.2) is 55.1 Å². The highest BCUT2D eigenvalue weighted by atomic mass is 35.5. The summed E-state index contributed by atoms with van der Waals surface area (Å²) in [5.74, 6) is 0. The lowest BCUT2D eigenvalue weighted by Gasteiger charge is -2.21. The fraction of sp³-hybridized carbons (Fsp3) is 0.167.